The zero-order valence-electron chi connectivity index (χ0n) is 9.81. The third-order valence-corrected chi connectivity index (χ3v) is 3.00. The monoisotopic (exact) mass is 237 g/mol. The molecule has 18 heavy (non-hydrogen) atoms. The summed E-state index contributed by atoms with van der Waals surface area (Å²) in [5.41, 5.74) is 1.93. The molecule has 0 aliphatic rings. The van der Waals surface area contributed by atoms with Gasteiger partial charge in [-0.05, 0) is 10.9 Å². The van der Waals surface area contributed by atoms with Crippen molar-refractivity contribution in [2.75, 3.05) is 0 Å². The summed E-state index contributed by atoms with van der Waals surface area (Å²) in [6.07, 6.45) is 0.652. The molecule has 0 bridgehead atoms. The first kappa shape index (κ1) is 10.9. The van der Waals surface area contributed by atoms with E-state index in [1.165, 1.54) is 6.07 Å². The standard InChI is InChI=1S/C16H12FN/c17-16-11-13-8-4-5-9-14(13)15(18-16)10-12-6-2-1-3-7-12/h1-9,11H,10H2. The van der Waals surface area contributed by atoms with E-state index in [4.69, 9.17) is 0 Å². The number of hydrogen-bond acceptors (Lipinski definition) is 1. The smallest absolute Gasteiger partial charge is 0.213 e. The molecule has 0 fully saturated rings. The Bertz CT molecular complexity index is 677. The Kier molecular flexibility index (Phi) is 2.77. The van der Waals surface area contributed by atoms with Crippen LogP contribution in [0, 0.1) is 5.95 Å². The lowest BCUT2D eigenvalue weighted by Gasteiger charge is -2.06. The van der Waals surface area contributed by atoms with Gasteiger partial charge in [0.05, 0.1) is 5.69 Å². The lowest BCUT2D eigenvalue weighted by atomic mass is 10.0. The van der Waals surface area contributed by atoms with Crippen molar-refractivity contribution < 1.29 is 4.39 Å². The van der Waals surface area contributed by atoms with Crippen molar-refractivity contribution in [2.24, 2.45) is 0 Å². The number of rotatable bonds is 2. The molecule has 0 saturated carbocycles. The SMILES string of the molecule is Fc1cc2ccccc2c(Cc2ccccc2)n1. The van der Waals surface area contributed by atoms with Gasteiger partial charge in [0.2, 0.25) is 5.95 Å². The van der Waals surface area contributed by atoms with E-state index in [2.05, 4.69) is 4.98 Å². The lowest BCUT2D eigenvalue weighted by Crippen LogP contribution is -1.96. The summed E-state index contributed by atoms with van der Waals surface area (Å²) < 4.78 is 13.5. The highest BCUT2D eigenvalue weighted by Crippen LogP contribution is 2.20. The number of fused-ring (bicyclic) bond motifs is 1. The van der Waals surface area contributed by atoms with Gasteiger partial charge in [0, 0.05) is 17.9 Å². The minimum absolute atomic E-state index is 0.417. The molecule has 0 atom stereocenters. The molecule has 88 valence electrons. The zero-order chi connectivity index (χ0) is 12.4. The quantitative estimate of drug-likeness (QED) is 0.615. The fourth-order valence-corrected chi connectivity index (χ4v) is 2.16. The summed E-state index contributed by atoms with van der Waals surface area (Å²) >= 11 is 0. The summed E-state index contributed by atoms with van der Waals surface area (Å²) in [5.74, 6) is -0.417. The fraction of sp³-hybridized carbons (Fsp3) is 0.0625. The third kappa shape index (κ3) is 2.09. The van der Waals surface area contributed by atoms with Gasteiger partial charge in [0.1, 0.15) is 0 Å². The number of pyridine rings is 1. The van der Waals surface area contributed by atoms with Crippen LogP contribution >= 0.6 is 0 Å². The molecule has 3 aromatic rings. The van der Waals surface area contributed by atoms with Gasteiger partial charge in [-0.25, -0.2) is 4.98 Å². The Morgan fingerprint density at radius 2 is 1.61 bits per heavy atom. The second kappa shape index (κ2) is 4.57. The lowest BCUT2D eigenvalue weighted by molar-refractivity contribution is 0.581. The number of hydrogen-bond donors (Lipinski definition) is 0. The van der Waals surface area contributed by atoms with Crippen LogP contribution in [-0.2, 0) is 6.42 Å². The van der Waals surface area contributed by atoms with Crippen LogP contribution in [0.1, 0.15) is 11.3 Å². The maximum Gasteiger partial charge on any atom is 0.213 e. The van der Waals surface area contributed by atoms with Crippen molar-refractivity contribution in [3.63, 3.8) is 0 Å². The Balaban J connectivity index is 2.11. The van der Waals surface area contributed by atoms with Gasteiger partial charge < -0.3 is 0 Å². The number of benzene rings is 2. The molecular weight excluding hydrogens is 225 g/mol. The highest BCUT2D eigenvalue weighted by molar-refractivity contribution is 5.84. The van der Waals surface area contributed by atoms with Crippen molar-refractivity contribution in [1.82, 2.24) is 4.98 Å². The Morgan fingerprint density at radius 3 is 2.44 bits per heavy atom. The van der Waals surface area contributed by atoms with Crippen molar-refractivity contribution >= 4 is 10.8 Å². The average molecular weight is 237 g/mol. The fourth-order valence-electron chi connectivity index (χ4n) is 2.16. The molecule has 1 aromatic heterocycles. The molecule has 1 nitrogen and oxygen atoms in total. The van der Waals surface area contributed by atoms with Crippen LogP contribution in [0.4, 0.5) is 4.39 Å². The summed E-state index contributed by atoms with van der Waals surface area (Å²) in [6.45, 7) is 0. The summed E-state index contributed by atoms with van der Waals surface area (Å²) in [4.78, 5) is 4.03. The van der Waals surface area contributed by atoms with Gasteiger partial charge in [0.15, 0.2) is 0 Å². The van der Waals surface area contributed by atoms with E-state index in [0.717, 1.165) is 22.0 Å². The topological polar surface area (TPSA) is 12.9 Å². The van der Waals surface area contributed by atoms with Crippen molar-refractivity contribution in [3.8, 4) is 0 Å². The van der Waals surface area contributed by atoms with Crippen molar-refractivity contribution in [2.45, 2.75) is 6.42 Å². The van der Waals surface area contributed by atoms with Crippen LogP contribution in [0.2, 0.25) is 0 Å². The summed E-state index contributed by atoms with van der Waals surface area (Å²) in [6, 6.07) is 19.2. The van der Waals surface area contributed by atoms with Crippen LogP contribution < -0.4 is 0 Å². The molecular formula is C16H12FN. The second-order valence-electron chi connectivity index (χ2n) is 4.28. The molecule has 0 saturated heterocycles. The van der Waals surface area contributed by atoms with Gasteiger partial charge >= 0.3 is 0 Å². The average Bonchev–Trinajstić information content (AvgIpc) is 2.40. The second-order valence-corrected chi connectivity index (χ2v) is 4.28. The van der Waals surface area contributed by atoms with Gasteiger partial charge in [-0.3, -0.25) is 0 Å². The van der Waals surface area contributed by atoms with E-state index in [0.29, 0.717) is 6.42 Å². The first-order chi connectivity index (χ1) is 8.83. The number of halogens is 1. The van der Waals surface area contributed by atoms with Gasteiger partial charge in [-0.15, -0.1) is 0 Å². The van der Waals surface area contributed by atoms with E-state index in [-0.39, 0.29) is 0 Å². The van der Waals surface area contributed by atoms with Gasteiger partial charge in [0.25, 0.3) is 0 Å². The van der Waals surface area contributed by atoms with E-state index >= 15 is 0 Å². The maximum atomic E-state index is 13.5. The zero-order valence-corrected chi connectivity index (χ0v) is 9.81. The van der Waals surface area contributed by atoms with E-state index in [1.807, 2.05) is 54.6 Å². The van der Waals surface area contributed by atoms with Crippen molar-refractivity contribution in [3.05, 3.63) is 77.9 Å². The predicted octanol–water partition coefficient (Wildman–Crippen LogP) is 3.96. The molecule has 3 rings (SSSR count). The maximum absolute atomic E-state index is 13.5. The molecule has 0 aliphatic heterocycles. The molecule has 0 radical (unpaired) electrons. The molecule has 2 heteroatoms. The first-order valence-electron chi connectivity index (χ1n) is 5.91. The van der Waals surface area contributed by atoms with Crippen LogP contribution in [0.25, 0.3) is 10.8 Å². The molecule has 0 unspecified atom stereocenters. The van der Waals surface area contributed by atoms with Crippen LogP contribution in [-0.4, -0.2) is 4.98 Å². The largest absolute Gasteiger partial charge is 0.224 e. The van der Waals surface area contributed by atoms with Crippen LogP contribution in [0.5, 0.6) is 0 Å². The molecule has 0 amide bonds. The highest BCUT2D eigenvalue weighted by atomic mass is 19.1. The molecule has 0 aliphatic carbocycles. The predicted molar refractivity (Wildman–Crippen MR) is 70.9 cm³/mol. The van der Waals surface area contributed by atoms with Gasteiger partial charge in [-0.1, -0.05) is 54.6 Å². The summed E-state index contributed by atoms with van der Waals surface area (Å²) in [5, 5.41) is 1.92. The van der Waals surface area contributed by atoms with Crippen molar-refractivity contribution in [1.29, 1.82) is 0 Å². The van der Waals surface area contributed by atoms with Crippen LogP contribution in [0.3, 0.4) is 0 Å². The van der Waals surface area contributed by atoms with Crippen LogP contribution in [0.15, 0.2) is 60.7 Å². The Labute approximate surface area is 105 Å². The molecule has 2 aromatic carbocycles. The summed E-state index contributed by atoms with van der Waals surface area (Å²) in [7, 11) is 0. The highest BCUT2D eigenvalue weighted by Gasteiger charge is 2.06. The third-order valence-electron chi connectivity index (χ3n) is 3.00. The van der Waals surface area contributed by atoms with E-state index in [1.54, 1.807) is 0 Å². The number of aromatic nitrogens is 1. The normalized spacial score (nSPS) is 10.7. The van der Waals surface area contributed by atoms with E-state index in [9.17, 15) is 4.39 Å². The minimum Gasteiger partial charge on any atom is -0.224 e. The molecule has 0 N–H and O–H groups in total. The van der Waals surface area contributed by atoms with Gasteiger partial charge in [-0.2, -0.15) is 4.39 Å². The van der Waals surface area contributed by atoms with E-state index < -0.39 is 5.95 Å². The first-order valence-corrected chi connectivity index (χ1v) is 5.91. The number of nitrogens with zero attached hydrogens (tertiary/aromatic N) is 1. The molecule has 0 spiro atoms. The Hall–Kier alpha value is -2.22. The molecule has 1 heterocycles. The minimum atomic E-state index is -0.417. The Morgan fingerprint density at radius 1 is 0.889 bits per heavy atom.